The quantitative estimate of drug-likeness (QED) is 0.712. The predicted molar refractivity (Wildman–Crippen MR) is 76.2 cm³/mol. The van der Waals surface area contributed by atoms with E-state index in [9.17, 15) is 0 Å². The number of benzene rings is 2. The molecule has 0 unspecified atom stereocenters. The molecule has 0 saturated heterocycles. The van der Waals surface area contributed by atoms with Gasteiger partial charge in [0.25, 0.3) is 0 Å². The van der Waals surface area contributed by atoms with Crippen LogP contribution in [0.5, 0.6) is 0 Å². The van der Waals surface area contributed by atoms with Gasteiger partial charge in [-0.1, -0.05) is 46.4 Å². The van der Waals surface area contributed by atoms with Gasteiger partial charge in [0.2, 0.25) is 0 Å². The number of nitrogens with one attached hydrogen (secondary N) is 1. The highest BCUT2D eigenvalue weighted by atomic mass is 35.5. The van der Waals surface area contributed by atoms with Gasteiger partial charge in [0.1, 0.15) is 0 Å². The summed E-state index contributed by atoms with van der Waals surface area (Å²) in [5, 5.41) is 5.39. The van der Waals surface area contributed by atoms with Crippen molar-refractivity contribution in [2.75, 3.05) is 5.32 Å². The molecule has 0 fully saturated rings. The molecule has 0 aliphatic rings. The Morgan fingerprint density at radius 3 is 2.00 bits per heavy atom. The Morgan fingerprint density at radius 2 is 1.35 bits per heavy atom. The van der Waals surface area contributed by atoms with E-state index < -0.39 is 0 Å². The van der Waals surface area contributed by atoms with E-state index >= 15 is 0 Å². The van der Waals surface area contributed by atoms with Gasteiger partial charge in [-0.15, -0.1) is 0 Å². The highest BCUT2D eigenvalue weighted by Gasteiger charge is 2.03. The van der Waals surface area contributed by atoms with E-state index in [0.717, 1.165) is 5.69 Å². The lowest BCUT2D eigenvalue weighted by atomic mass is 10.2. The van der Waals surface area contributed by atoms with E-state index in [0.29, 0.717) is 25.8 Å². The summed E-state index contributed by atoms with van der Waals surface area (Å²) in [6, 6.07) is 10.3. The van der Waals surface area contributed by atoms with E-state index in [1.807, 2.05) is 0 Å². The van der Waals surface area contributed by atoms with Crippen molar-refractivity contribution >= 4 is 57.8 Å². The molecule has 0 aromatic heterocycles. The third-order valence-corrected chi connectivity index (χ3v) is 3.07. The lowest BCUT2D eigenvalue weighted by Crippen LogP contribution is -1.91. The number of hydrogen-bond donors (Lipinski definition) is 1. The van der Waals surface area contributed by atoms with Crippen LogP contribution >= 0.6 is 46.4 Å². The van der Waals surface area contributed by atoms with Crippen LogP contribution in [0.1, 0.15) is 0 Å². The molecule has 0 atom stereocenters. The average Bonchev–Trinajstić information content (AvgIpc) is 2.22. The van der Waals surface area contributed by atoms with Crippen molar-refractivity contribution in [2.24, 2.45) is 0 Å². The van der Waals surface area contributed by atoms with Crippen LogP contribution in [0, 0.1) is 0 Å². The van der Waals surface area contributed by atoms with E-state index in [1.165, 1.54) is 0 Å². The van der Waals surface area contributed by atoms with Crippen molar-refractivity contribution < 1.29 is 0 Å². The summed E-state index contributed by atoms with van der Waals surface area (Å²) in [6.45, 7) is 0. The fourth-order valence-electron chi connectivity index (χ4n) is 1.37. The second-order valence-corrected chi connectivity index (χ2v) is 5.12. The molecule has 2 aromatic rings. The first-order chi connectivity index (χ1) is 8.04. The van der Waals surface area contributed by atoms with Gasteiger partial charge in [0.15, 0.2) is 0 Å². The molecule has 5 heteroatoms. The monoisotopic (exact) mass is 305 g/mol. The Kier molecular flexibility index (Phi) is 4.05. The maximum Gasteiger partial charge on any atom is 0.0642 e. The molecular formula is C12H7Cl4N. The normalized spacial score (nSPS) is 10.4. The molecule has 2 aromatic carbocycles. The fraction of sp³-hybridized carbons (Fsp3) is 0. The molecule has 0 radical (unpaired) electrons. The summed E-state index contributed by atoms with van der Waals surface area (Å²) in [6.07, 6.45) is 0. The zero-order valence-corrected chi connectivity index (χ0v) is 11.5. The largest absolute Gasteiger partial charge is 0.354 e. The molecule has 0 bridgehead atoms. The first-order valence-electron chi connectivity index (χ1n) is 4.73. The van der Waals surface area contributed by atoms with Gasteiger partial charge in [-0.05, 0) is 36.4 Å². The zero-order valence-electron chi connectivity index (χ0n) is 8.48. The maximum atomic E-state index is 6.04. The summed E-state index contributed by atoms with van der Waals surface area (Å²) >= 11 is 23.7. The lowest BCUT2D eigenvalue weighted by Gasteiger charge is -2.09. The summed E-state index contributed by atoms with van der Waals surface area (Å²) in [7, 11) is 0. The third kappa shape index (κ3) is 3.43. The standard InChI is InChI=1S/C12H7Cl4N/c13-7-1-2-11(16)12(6-7)17-10-4-8(14)3-9(15)5-10/h1-6,17H. The van der Waals surface area contributed by atoms with E-state index in [2.05, 4.69) is 5.32 Å². The van der Waals surface area contributed by atoms with Gasteiger partial charge in [0.05, 0.1) is 10.7 Å². The van der Waals surface area contributed by atoms with Gasteiger partial charge in [0, 0.05) is 20.8 Å². The van der Waals surface area contributed by atoms with Crippen molar-refractivity contribution in [1.29, 1.82) is 0 Å². The van der Waals surface area contributed by atoms with Gasteiger partial charge in [-0.3, -0.25) is 0 Å². The molecule has 0 saturated carbocycles. The van der Waals surface area contributed by atoms with Gasteiger partial charge in [-0.25, -0.2) is 0 Å². The van der Waals surface area contributed by atoms with E-state index in [4.69, 9.17) is 46.4 Å². The zero-order chi connectivity index (χ0) is 12.4. The molecule has 2 rings (SSSR count). The molecular weight excluding hydrogens is 300 g/mol. The molecule has 88 valence electrons. The first-order valence-corrected chi connectivity index (χ1v) is 6.24. The summed E-state index contributed by atoms with van der Waals surface area (Å²) in [5.74, 6) is 0. The van der Waals surface area contributed by atoms with Crippen LogP contribution in [0.3, 0.4) is 0 Å². The number of rotatable bonds is 2. The smallest absolute Gasteiger partial charge is 0.0642 e. The number of hydrogen-bond acceptors (Lipinski definition) is 1. The highest BCUT2D eigenvalue weighted by molar-refractivity contribution is 6.36. The van der Waals surface area contributed by atoms with Crippen LogP contribution in [-0.2, 0) is 0 Å². The summed E-state index contributed by atoms with van der Waals surface area (Å²) in [4.78, 5) is 0. The van der Waals surface area contributed by atoms with Crippen LogP contribution in [-0.4, -0.2) is 0 Å². The van der Waals surface area contributed by atoms with Crippen LogP contribution < -0.4 is 5.32 Å². The van der Waals surface area contributed by atoms with Crippen molar-refractivity contribution in [3.05, 3.63) is 56.5 Å². The van der Waals surface area contributed by atoms with Crippen LogP contribution in [0.2, 0.25) is 20.1 Å². The number of halogens is 4. The molecule has 0 heterocycles. The average molecular weight is 307 g/mol. The highest BCUT2D eigenvalue weighted by Crippen LogP contribution is 2.30. The topological polar surface area (TPSA) is 12.0 Å². The second kappa shape index (κ2) is 5.36. The third-order valence-electron chi connectivity index (χ3n) is 2.07. The SMILES string of the molecule is Clc1cc(Cl)cc(Nc2cc(Cl)ccc2Cl)c1. The molecule has 1 N–H and O–H groups in total. The van der Waals surface area contributed by atoms with Crippen LogP contribution in [0.4, 0.5) is 11.4 Å². The fourth-order valence-corrected chi connectivity index (χ4v) is 2.24. The minimum atomic E-state index is 0.554. The van der Waals surface area contributed by atoms with Crippen LogP contribution in [0.25, 0.3) is 0 Å². The Bertz CT molecular complexity index is 534. The molecule has 0 amide bonds. The van der Waals surface area contributed by atoms with Crippen molar-refractivity contribution in [1.82, 2.24) is 0 Å². The van der Waals surface area contributed by atoms with Gasteiger partial charge < -0.3 is 5.32 Å². The Labute approximate surface area is 119 Å². The Balaban J connectivity index is 2.34. The van der Waals surface area contributed by atoms with Crippen molar-refractivity contribution in [3.63, 3.8) is 0 Å². The second-order valence-electron chi connectivity index (χ2n) is 3.41. The predicted octanol–water partition coefficient (Wildman–Crippen LogP) is 6.04. The number of anilines is 2. The first kappa shape index (κ1) is 12.8. The van der Waals surface area contributed by atoms with E-state index in [1.54, 1.807) is 36.4 Å². The Hall–Kier alpha value is -0.600. The molecule has 1 nitrogen and oxygen atoms in total. The van der Waals surface area contributed by atoms with Crippen molar-refractivity contribution in [3.8, 4) is 0 Å². The lowest BCUT2D eigenvalue weighted by molar-refractivity contribution is 1.55. The molecule has 17 heavy (non-hydrogen) atoms. The molecule has 0 spiro atoms. The minimum Gasteiger partial charge on any atom is -0.354 e. The maximum absolute atomic E-state index is 6.04. The van der Waals surface area contributed by atoms with Crippen LogP contribution in [0.15, 0.2) is 36.4 Å². The van der Waals surface area contributed by atoms with Gasteiger partial charge in [-0.2, -0.15) is 0 Å². The Morgan fingerprint density at radius 1 is 0.706 bits per heavy atom. The summed E-state index contributed by atoms with van der Waals surface area (Å²) < 4.78 is 0. The molecule has 0 aliphatic heterocycles. The van der Waals surface area contributed by atoms with Gasteiger partial charge >= 0.3 is 0 Å². The van der Waals surface area contributed by atoms with Crippen molar-refractivity contribution in [2.45, 2.75) is 0 Å². The summed E-state index contributed by atoms with van der Waals surface area (Å²) in [5.41, 5.74) is 1.46. The minimum absolute atomic E-state index is 0.554. The molecule has 0 aliphatic carbocycles. The van der Waals surface area contributed by atoms with E-state index in [-0.39, 0.29) is 0 Å².